The van der Waals surface area contributed by atoms with Crippen LogP contribution in [0.25, 0.3) is 11.2 Å². The van der Waals surface area contributed by atoms with E-state index in [0.29, 0.717) is 41.6 Å². The van der Waals surface area contributed by atoms with E-state index in [4.69, 9.17) is 9.47 Å². The molecule has 2 aromatic heterocycles. The van der Waals surface area contributed by atoms with Crippen molar-refractivity contribution in [2.24, 2.45) is 14.1 Å². The molecule has 172 valence electrons. The summed E-state index contributed by atoms with van der Waals surface area (Å²) in [5.74, 6) is 1.87. The Balaban J connectivity index is 1.60. The summed E-state index contributed by atoms with van der Waals surface area (Å²) in [6, 6.07) is 15.2. The highest BCUT2D eigenvalue weighted by molar-refractivity contribution is 5.74. The van der Waals surface area contributed by atoms with Crippen molar-refractivity contribution in [1.29, 1.82) is 0 Å². The number of nitrogens with zero attached hydrogens (tertiary/aromatic N) is 4. The summed E-state index contributed by atoms with van der Waals surface area (Å²) in [5, 5.41) is 3.28. The van der Waals surface area contributed by atoms with Crippen LogP contribution < -0.4 is 26.0 Å². The Bertz CT molecular complexity index is 1400. The summed E-state index contributed by atoms with van der Waals surface area (Å²) in [7, 11) is 6.61. The molecule has 4 aromatic rings. The summed E-state index contributed by atoms with van der Waals surface area (Å²) >= 11 is 0. The first-order chi connectivity index (χ1) is 15.9. The van der Waals surface area contributed by atoms with Gasteiger partial charge in [-0.2, -0.15) is 4.98 Å². The molecule has 0 aliphatic rings. The molecule has 0 saturated heterocycles. The number of aryl methyl sites for hydroxylation is 2. The predicted molar refractivity (Wildman–Crippen MR) is 127 cm³/mol. The van der Waals surface area contributed by atoms with Crippen LogP contribution in [0.3, 0.4) is 0 Å². The maximum absolute atomic E-state index is 13.2. The number of aromatic nitrogens is 4. The van der Waals surface area contributed by atoms with Gasteiger partial charge >= 0.3 is 5.69 Å². The van der Waals surface area contributed by atoms with Crippen molar-refractivity contribution in [3.8, 4) is 11.5 Å². The van der Waals surface area contributed by atoms with Gasteiger partial charge in [0.15, 0.2) is 22.7 Å². The molecule has 0 fully saturated rings. The molecule has 2 aromatic carbocycles. The molecule has 0 saturated carbocycles. The van der Waals surface area contributed by atoms with Gasteiger partial charge in [0.05, 0.1) is 20.8 Å². The summed E-state index contributed by atoms with van der Waals surface area (Å²) < 4.78 is 15.0. The minimum absolute atomic E-state index is 0.204. The van der Waals surface area contributed by atoms with Crippen LogP contribution in [0.5, 0.6) is 11.5 Å². The fourth-order valence-corrected chi connectivity index (χ4v) is 3.86. The first-order valence-corrected chi connectivity index (χ1v) is 10.6. The molecule has 0 aliphatic heterocycles. The first-order valence-electron chi connectivity index (χ1n) is 10.6. The number of nitrogens with one attached hydrogen (secondary N) is 1. The molecule has 33 heavy (non-hydrogen) atoms. The van der Waals surface area contributed by atoms with Crippen molar-refractivity contribution in [2.45, 2.75) is 13.0 Å². The molecule has 0 atom stereocenters. The number of hydrogen-bond donors (Lipinski definition) is 1. The number of anilines is 1. The smallest absolute Gasteiger partial charge is 0.332 e. The van der Waals surface area contributed by atoms with Gasteiger partial charge in [-0.05, 0) is 29.7 Å². The third kappa shape index (κ3) is 4.21. The van der Waals surface area contributed by atoms with Crippen molar-refractivity contribution in [2.75, 3.05) is 26.1 Å². The number of ether oxygens (including phenoxy) is 2. The zero-order chi connectivity index (χ0) is 23.5. The quantitative estimate of drug-likeness (QED) is 0.443. The number of hydrogen-bond acceptors (Lipinski definition) is 6. The van der Waals surface area contributed by atoms with E-state index in [2.05, 4.69) is 10.3 Å². The molecule has 9 heteroatoms. The molecule has 0 bridgehead atoms. The third-order valence-corrected chi connectivity index (χ3v) is 5.69. The monoisotopic (exact) mass is 449 g/mol. The van der Waals surface area contributed by atoms with Crippen LogP contribution >= 0.6 is 0 Å². The number of fused-ring (bicyclic) bond motifs is 1. The molecule has 2 heterocycles. The fraction of sp³-hybridized carbons (Fsp3) is 0.292. The molecule has 0 radical (unpaired) electrons. The van der Waals surface area contributed by atoms with E-state index in [-0.39, 0.29) is 12.1 Å². The molecule has 0 spiro atoms. The van der Waals surface area contributed by atoms with E-state index in [0.717, 1.165) is 11.1 Å². The normalized spacial score (nSPS) is 11.0. The maximum atomic E-state index is 13.2. The van der Waals surface area contributed by atoms with Gasteiger partial charge in [-0.15, -0.1) is 0 Å². The number of methoxy groups -OCH3 is 2. The summed E-state index contributed by atoms with van der Waals surface area (Å²) in [6.45, 7) is 0.786. The zero-order valence-electron chi connectivity index (χ0n) is 19.2. The number of rotatable bonds is 8. The Hall–Kier alpha value is -4.01. The van der Waals surface area contributed by atoms with Gasteiger partial charge in [0.1, 0.15) is 0 Å². The lowest BCUT2D eigenvalue weighted by Gasteiger charge is -2.10. The van der Waals surface area contributed by atoms with E-state index >= 15 is 0 Å². The van der Waals surface area contributed by atoms with Gasteiger partial charge in [-0.3, -0.25) is 13.9 Å². The van der Waals surface area contributed by atoms with E-state index in [1.165, 1.54) is 9.13 Å². The highest BCUT2D eigenvalue weighted by Gasteiger charge is 2.18. The fourth-order valence-electron chi connectivity index (χ4n) is 3.86. The average molecular weight is 450 g/mol. The van der Waals surface area contributed by atoms with Gasteiger partial charge in [-0.25, -0.2) is 4.79 Å². The third-order valence-electron chi connectivity index (χ3n) is 5.69. The number of benzene rings is 2. The van der Waals surface area contributed by atoms with Crippen LogP contribution in [0.15, 0.2) is 58.1 Å². The molecular weight excluding hydrogens is 422 g/mol. The van der Waals surface area contributed by atoms with Crippen LogP contribution in [0, 0.1) is 0 Å². The van der Waals surface area contributed by atoms with Crippen molar-refractivity contribution >= 4 is 17.1 Å². The van der Waals surface area contributed by atoms with Crippen LogP contribution in [0.2, 0.25) is 0 Å². The maximum Gasteiger partial charge on any atom is 0.332 e. The molecule has 0 unspecified atom stereocenters. The highest BCUT2D eigenvalue weighted by atomic mass is 16.5. The van der Waals surface area contributed by atoms with Crippen molar-refractivity contribution < 1.29 is 9.47 Å². The van der Waals surface area contributed by atoms with Crippen LogP contribution in [0.4, 0.5) is 5.95 Å². The Morgan fingerprint density at radius 2 is 1.64 bits per heavy atom. The standard InChI is InChI=1S/C24H27N5O4/c1-27-20-21(28(2)24(31)29(22(20)30)15-17-8-6-5-7-9-17)26-23(27)25-13-12-16-10-11-18(32-3)19(14-16)33-4/h5-11,14H,12-13,15H2,1-4H3,(H,25,26). The molecule has 1 N–H and O–H groups in total. The second kappa shape index (κ2) is 9.23. The van der Waals surface area contributed by atoms with Gasteiger partial charge < -0.3 is 19.4 Å². The Morgan fingerprint density at radius 3 is 2.33 bits per heavy atom. The first kappa shape index (κ1) is 22.2. The van der Waals surface area contributed by atoms with Gasteiger partial charge in [0.2, 0.25) is 5.95 Å². The van der Waals surface area contributed by atoms with Gasteiger partial charge in [0, 0.05) is 20.6 Å². The largest absolute Gasteiger partial charge is 0.493 e. The van der Waals surface area contributed by atoms with E-state index in [1.807, 2.05) is 48.5 Å². The SMILES string of the molecule is COc1ccc(CCNc2nc3c(c(=O)n(Cc4ccccc4)c(=O)n3C)n2C)cc1OC. The molecular formula is C24H27N5O4. The summed E-state index contributed by atoms with van der Waals surface area (Å²) in [6.07, 6.45) is 0.709. The minimum Gasteiger partial charge on any atom is -0.493 e. The molecule has 0 aliphatic carbocycles. The topological polar surface area (TPSA) is 92.3 Å². The average Bonchev–Trinajstić information content (AvgIpc) is 3.17. The lowest BCUT2D eigenvalue weighted by atomic mass is 10.1. The lowest BCUT2D eigenvalue weighted by molar-refractivity contribution is 0.354. The number of imidazole rings is 1. The summed E-state index contributed by atoms with van der Waals surface area (Å²) in [5.41, 5.74) is 1.92. The van der Waals surface area contributed by atoms with Crippen LogP contribution in [-0.2, 0) is 27.1 Å². The Morgan fingerprint density at radius 1 is 0.909 bits per heavy atom. The van der Waals surface area contributed by atoms with Crippen LogP contribution in [-0.4, -0.2) is 39.4 Å². The van der Waals surface area contributed by atoms with Gasteiger partial charge in [-0.1, -0.05) is 36.4 Å². The minimum atomic E-state index is -0.397. The zero-order valence-corrected chi connectivity index (χ0v) is 19.2. The second-order valence-electron chi connectivity index (χ2n) is 7.75. The lowest BCUT2D eigenvalue weighted by Crippen LogP contribution is -2.39. The summed E-state index contributed by atoms with van der Waals surface area (Å²) in [4.78, 5) is 30.6. The molecule has 0 amide bonds. The van der Waals surface area contributed by atoms with Gasteiger partial charge in [0.25, 0.3) is 5.56 Å². The van der Waals surface area contributed by atoms with E-state index in [9.17, 15) is 9.59 Å². The second-order valence-corrected chi connectivity index (χ2v) is 7.75. The van der Waals surface area contributed by atoms with Crippen molar-refractivity contribution in [3.05, 3.63) is 80.5 Å². The molecule has 9 nitrogen and oxygen atoms in total. The molecule has 4 rings (SSSR count). The van der Waals surface area contributed by atoms with Crippen LogP contribution in [0.1, 0.15) is 11.1 Å². The Labute approximate surface area is 190 Å². The van der Waals surface area contributed by atoms with Crippen molar-refractivity contribution in [3.63, 3.8) is 0 Å². The predicted octanol–water partition coefficient (Wildman–Crippen LogP) is 2.15. The van der Waals surface area contributed by atoms with E-state index in [1.54, 1.807) is 32.9 Å². The Kier molecular flexibility index (Phi) is 6.21. The highest BCUT2D eigenvalue weighted by Crippen LogP contribution is 2.27. The van der Waals surface area contributed by atoms with E-state index < -0.39 is 5.69 Å². The van der Waals surface area contributed by atoms with Crippen molar-refractivity contribution in [1.82, 2.24) is 18.7 Å².